The maximum atomic E-state index is 12.9. The minimum absolute atomic E-state index is 0.00651. The molecule has 3 rings (SSSR count). The van der Waals surface area contributed by atoms with Crippen molar-refractivity contribution in [1.82, 2.24) is 14.0 Å². The minimum atomic E-state index is -0.379. The predicted molar refractivity (Wildman–Crippen MR) is 100 cm³/mol. The molecule has 0 saturated carbocycles. The molecule has 0 spiro atoms. The monoisotopic (exact) mass is 363 g/mol. The quantitative estimate of drug-likeness (QED) is 0.819. The van der Waals surface area contributed by atoms with Gasteiger partial charge < -0.3 is 4.90 Å². The Kier molecular flexibility index (Phi) is 5.42. The topological polar surface area (TPSA) is 64.3 Å². The molecule has 1 saturated heterocycles. The molecule has 0 N–H and O–H groups in total. The third-order valence-electron chi connectivity index (χ3n) is 5.00. The third kappa shape index (κ3) is 3.29. The van der Waals surface area contributed by atoms with E-state index in [1.165, 1.54) is 20.5 Å². The van der Waals surface area contributed by atoms with Gasteiger partial charge in [-0.3, -0.25) is 18.7 Å². The summed E-state index contributed by atoms with van der Waals surface area (Å²) < 4.78 is 3.29. The molecule has 0 aliphatic carbocycles. The first-order chi connectivity index (χ1) is 12.1. The highest BCUT2D eigenvalue weighted by Gasteiger charge is 2.26. The van der Waals surface area contributed by atoms with Crippen LogP contribution in [0.2, 0.25) is 0 Å². The zero-order valence-corrected chi connectivity index (χ0v) is 15.7. The Balaban J connectivity index is 2.01. The van der Waals surface area contributed by atoms with Crippen molar-refractivity contribution < 1.29 is 4.79 Å². The molecule has 0 aromatic carbocycles. The van der Waals surface area contributed by atoms with Crippen LogP contribution < -0.4 is 11.2 Å². The molecular formula is C18H25N3O3S. The van der Waals surface area contributed by atoms with E-state index in [4.69, 9.17) is 0 Å². The van der Waals surface area contributed by atoms with Crippen molar-refractivity contribution in [1.29, 1.82) is 0 Å². The van der Waals surface area contributed by atoms with Gasteiger partial charge in [0.05, 0.1) is 5.52 Å². The molecule has 1 fully saturated rings. The molecule has 7 heteroatoms. The average Bonchev–Trinajstić information content (AvgIpc) is 3.12. The number of thiophene rings is 1. The number of aromatic nitrogens is 2. The van der Waals surface area contributed by atoms with Crippen molar-refractivity contribution in [2.45, 2.75) is 65.1 Å². The molecule has 0 radical (unpaired) electrons. The Labute approximate surface area is 150 Å². The SMILES string of the molecule is CCCn1c(=O)c2sccc2n(CC(=O)N2CCCC[C@H]2CC)c1=O. The van der Waals surface area contributed by atoms with Crippen molar-refractivity contribution in [2.24, 2.45) is 0 Å². The number of carbonyl (C=O) groups is 1. The van der Waals surface area contributed by atoms with Crippen LogP contribution in [0.25, 0.3) is 10.2 Å². The van der Waals surface area contributed by atoms with E-state index in [0.717, 1.165) is 32.2 Å². The van der Waals surface area contributed by atoms with Crippen molar-refractivity contribution in [2.75, 3.05) is 6.54 Å². The number of hydrogen-bond acceptors (Lipinski definition) is 4. The number of carbonyl (C=O) groups excluding carboxylic acids is 1. The lowest BCUT2D eigenvalue weighted by molar-refractivity contribution is -0.135. The summed E-state index contributed by atoms with van der Waals surface area (Å²) in [6.07, 6.45) is 4.83. The summed E-state index contributed by atoms with van der Waals surface area (Å²) >= 11 is 1.33. The van der Waals surface area contributed by atoms with Gasteiger partial charge in [-0.1, -0.05) is 13.8 Å². The van der Waals surface area contributed by atoms with Gasteiger partial charge in [-0.2, -0.15) is 0 Å². The number of nitrogens with zero attached hydrogens (tertiary/aromatic N) is 3. The molecule has 1 amide bonds. The van der Waals surface area contributed by atoms with Crippen LogP contribution >= 0.6 is 11.3 Å². The third-order valence-corrected chi connectivity index (χ3v) is 5.89. The zero-order valence-electron chi connectivity index (χ0n) is 14.9. The molecule has 6 nitrogen and oxygen atoms in total. The van der Waals surface area contributed by atoms with Crippen LogP contribution in [0.1, 0.15) is 46.0 Å². The smallest absolute Gasteiger partial charge is 0.332 e. The van der Waals surface area contributed by atoms with Crippen LogP contribution in [0, 0.1) is 0 Å². The second kappa shape index (κ2) is 7.56. The van der Waals surface area contributed by atoms with Crippen LogP contribution in [0.15, 0.2) is 21.0 Å². The molecule has 2 aromatic rings. The molecular weight excluding hydrogens is 338 g/mol. The van der Waals surface area contributed by atoms with E-state index in [0.29, 0.717) is 23.2 Å². The first kappa shape index (κ1) is 17.9. The summed E-state index contributed by atoms with van der Waals surface area (Å²) in [7, 11) is 0. The summed E-state index contributed by atoms with van der Waals surface area (Å²) in [4.78, 5) is 40.1. The fourth-order valence-electron chi connectivity index (χ4n) is 3.69. The lowest BCUT2D eigenvalue weighted by Crippen LogP contribution is -2.47. The Morgan fingerprint density at radius 3 is 2.76 bits per heavy atom. The van der Waals surface area contributed by atoms with Gasteiger partial charge in [0.25, 0.3) is 5.56 Å². The first-order valence-electron chi connectivity index (χ1n) is 9.08. The highest BCUT2D eigenvalue weighted by molar-refractivity contribution is 7.17. The molecule has 3 heterocycles. The second-order valence-corrected chi connectivity index (χ2v) is 7.52. The number of rotatable bonds is 5. The highest BCUT2D eigenvalue weighted by Crippen LogP contribution is 2.21. The fraction of sp³-hybridized carbons (Fsp3) is 0.611. The van der Waals surface area contributed by atoms with Crippen LogP contribution in [0.4, 0.5) is 0 Å². The van der Waals surface area contributed by atoms with Gasteiger partial charge in [0.2, 0.25) is 5.91 Å². The number of hydrogen-bond donors (Lipinski definition) is 0. The zero-order chi connectivity index (χ0) is 18.0. The summed E-state index contributed by atoms with van der Waals surface area (Å²) in [6.45, 7) is 5.17. The van der Waals surface area contributed by atoms with Crippen LogP contribution in [-0.4, -0.2) is 32.5 Å². The minimum Gasteiger partial charge on any atom is -0.338 e. The average molecular weight is 363 g/mol. The van der Waals surface area contributed by atoms with Crippen LogP contribution in [-0.2, 0) is 17.9 Å². The number of likely N-dealkylation sites (tertiary alicyclic amines) is 1. The van der Waals surface area contributed by atoms with E-state index in [1.54, 1.807) is 11.4 Å². The lowest BCUT2D eigenvalue weighted by Gasteiger charge is -2.35. The highest BCUT2D eigenvalue weighted by atomic mass is 32.1. The predicted octanol–water partition coefficient (Wildman–Crippen LogP) is 2.43. The van der Waals surface area contributed by atoms with Gasteiger partial charge in [0, 0.05) is 19.1 Å². The van der Waals surface area contributed by atoms with Crippen LogP contribution in [0.3, 0.4) is 0 Å². The molecule has 0 unspecified atom stereocenters. The summed E-state index contributed by atoms with van der Waals surface area (Å²) in [5.74, 6) is -0.0251. The first-order valence-corrected chi connectivity index (χ1v) is 9.96. The second-order valence-electron chi connectivity index (χ2n) is 6.61. The molecule has 1 aliphatic heterocycles. The fourth-order valence-corrected chi connectivity index (χ4v) is 4.53. The van der Waals surface area contributed by atoms with Crippen molar-refractivity contribution in [3.8, 4) is 0 Å². The van der Waals surface area contributed by atoms with Gasteiger partial charge in [-0.15, -0.1) is 11.3 Å². The van der Waals surface area contributed by atoms with E-state index in [9.17, 15) is 14.4 Å². The normalized spacial score (nSPS) is 18.0. The number of amides is 1. The van der Waals surface area contributed by atoms with Crippen molar-refractivity contribution >= 4 is 27.5 Å². The molecule has 1 aliphatic rings. The van der Waals surface area contributed by atoms with Crippen LogP contribution in [0.5, 0.6) is 0 Å². The molecule has 1 atom stereocenters. The van der Waals surface area contributed by atoms with E-state index in [1.807, 2.05) is 11.8 Å². The lowest BCUT2D eigenvalue weighted by atomic mass is 10.00. The molecule has 136 valence electrons. The molecule has 0 bridgehead atoms. The van der Waals surface area contributed by atoms with Gasteiger partial charge in [0.15, 0.2) is 0 Å². The Morgan fingerprint density at radius 1 is 1.24 bits per heavy atom. The summed E-state index contributed by atoms with van der Waals surface area (Å²) in [6, 6.07) is 2.02. The van der Waals surface area contributed by atoms with E-state index < -0.39 is 0 Å². The van der Waals surface area contributed by atoms with Gasteiger partial charge >= 0.3 is 5.69 Å². The van der Waals surface area contributed by atoms with E-state index in [2.05, 4.69) is 6.92 Å². The largest absolute Gasteiger partial charge is 0.338 e. The van der Waals surface area contributed by atoms with E-state index >= 15 is 0 Å². The Morgan fingerprint density at radius 2 is 2.04 bits per heavy atom. The number of fused-ring (bicyclic) bond motifs is 1. The maximum absolute atomic E-state index is 12.9. The Hall–Kier alpha value is -1.89. The van der Waals surface area contributed by atoms with Gasteiger partial charge in [-0.05, 0) is 43.6 Å². The number of piperidine rings is 1. The summed E-state index contributed by atoms with van der Waals surface area (Å²) in [5.41, 5.74) is -0.0492. The standard InChI is InChI=1S/C18H25N3O3S/c1-3-9-20-17(23)16-14(8-11-25-16)21(18(20)24)12-15(22)19-10-6-5-7-13(19)4-2/h8,11,13H,3-7,9-10,12H2,1-2H3/t13-/m1/s1. The molecule has 2 aromatic heterocycles. The van der Waals surface area contributed by atoms with Gasteiger partial charge in [0.1, 0.15) is 11.2 Å². The Bertz CT molecular complexity index is 880. The molecule has 25 heavy (non-hydrogen) atoms. The summed E-state index contributed by atoms with van der Waals surface area (Å²) in [5, 5.41) is 1.80. The van der Waals surface area contributed by atoms with Gasteiger partial charge in [-0.25, -0.2) is 4.79 Å². The van der Waals surface area contributed by atoms with E-state index in [-0.39, 0.29) is 29.7 Å². The van der Waals surface area contributed by atoms with Crippen molar-refractivity contribution in [3.05, 3.63) is 32.3 Å². The van der Waals surface area contributed by atoms with Crippen molar-refractivity contribution in [3.63, 3.8) is 0 Å². The maximum Gasteiger partial charge on any atom is 0.332 e.